The van der Waals surface area contributed by atoms with E-state index < -0.39 is 0 Å². The molecule has 0 saturated carbocycles. The number of carbonyl (C=O) groups is 1. The quantitative estimate of drug-likeness (QED) is 0.787. The van der Waals surface area contributed by atoms with Gasteiger partial charge in [-0.05, 0) is 30.7 Å². The molecule has 84 valence electrons. The number of anilines is 1. The second-order valence-electron chi connectivity index (χ2n) is 3.32. The smallest absolute Gasteiger partial charge is 0.341 e. The monoisotopic (exact) mass is 227 g/mol. The van der Waals surface area contributed by atoms with E-state index in [1.54, 1.807) is 6.92 Å². The molecular weight excluding hydrogens is 210 g/mol. The number of aryl methyl sites for hydroxylation is 1. The van der Waals surface area contributed by atoms with Gasteiger partial charge < -0.3 is 10.5 Å². The van der Waals surface area contributed by atoms with Crippen molar-refractivity contribution in [1.82, 2.24) is 0 Å². The summed E-state index contributed by atoms with van der Waals surface area (Å²) in [5.41, 5.74) is 7.37. The maximum Gasteiger partial charge on any atom is 0.341 e. The van der Waals surface area contributed by atoms with Gasteiger partial charge in [0.05, 0.1) is 12.2 Å². The van der Waals surface area contributed by atoms with Crippen LogP contribution in [0.4, 0.5) is 5.00 Å². The molecule has 15 heavy (non-hydrogen) atoms. The average Bonchev–Trinajstić information content (AvgIpc) is 2.57. The maximum absolute atomic E-state index is 11.6. The van der Waals surface area contributed by atoms with Crippen molar-refractivity contribution in [2.24, 2.45) is 0 Å². The van der Waals surface area contributed by atoms with Crippen LogP contribution in [-0.2, 0) is 11.2 Å². The topological polar surface area (TPSA) is 52.3 Å². The summed E-state index contributed by atoms with van der Waals surface area (Å²) in [6.45, 7) is 4.31. The molecule has 0 bridgehead atoms. The lowest BCUT2D eigenvalue weighted by Crippen LogP contribution is -2.08. The fraction of sp³-hybridized carbons (Fsp3) is 0.545. The standard InChI is InChI=1S/C11H17NO2S/c1-3-5-6-8-7-15-10(12)9(8)11(13)14-4-2/h7H,3-6,12H2,1-2H3. The Bertz CT molecular complexity index is 333. The van der Waals surface area contributed by atoms with Gasteiger partial charge in [-0.2, -0.15) is 0 Å². The molecule has 4 heteroatoms. The van der Waals surface area contributed by atoms with E-state index in [-0.39, 0.29) is 5.97 Å². The van der Waals surface area contributed by atoms with Crippen molar-refractivity contribution < 1.29 is 9.53 Å². The Hall–Kier alpha value is -1.03. The zero-order valence-corrected chi connectivity index (χ0v) is 10.0. The van der Waals surface area contributed by atoms with Gasteiger partial charge in [-0.25, -0.2) is 4.79 Å². The molecule has 0 aromatic carbocycles. The van der Waals surface area contributed by atoms with Gasteiger partial charge in [-0.15, -0.1) is 11.3 Å². The number of unbranched alkanes of at least 4 members (excludes halogenated alkanes) is 1. The summed E-state index contributed by atoms with van der Waals surface area (Å²) in [5.74, 6) is -0.289. The third-order valence-electron chi connectivity index (χ3n) is 2.17. The molecule has 1 aromatic rings. The van der Waals surface area contributed by atoms with Crippen molar-refractivity contribution >= 4 is 22.3 Å². The fourth-order valence-corrected chi connectivity index (χ4v) is 2.23. The average molecular weight is 227 g/mol. The molecule has 0 saturated heterocycles. The number of ether oxygens (including phenoxy) is 1. The molecule has 1 aromatic heterocycles. The molecule has 0 spiro atoms. The summed E-state index contributed by atoms with van der Waals surface area (Å²) in [5, 5.41) is 2.52. The van der Waals surface area contributed by atoms with E-state index in [1.165, 1.54) is 11.3 Å². The molecule has 0 aliphatic carbocycles. The number of nitrogens with two attached hydrogens (primary N) is 1. The molecule has 1 rings (SSSR count). The van der Waals surface area contributed by atoms with Crippen LogP contribution < -0.4 is 5.73 Å². The summed E-state index contributed by atoms with van der Waals surface area (Å²) in [4.78, 5) is 11.6. The summed E-state index contributed by atoms with van der Waals surface area (Å²) < 4.78 is 4.98. The minimum Gasteiger partial charge on any atom is -0.462 e. The normalized spacial score (nSPS) is 10.3. The van der Waals surface area contributed by atoms with Crippen LogP contribution in [0.5, 0.6) is 0 Å². The lowest BCUT2D eigenvalue weighted by Gasteiger charge is -2.04. The first kappa shape index (κ1) is 12.0. The fourth-order valence-electron chi connectivity index (χ4n) is 1.40. The van der Waals surface area contributed by atoms with Gasteiger partial charge in [0.1, 0.15) is 5.00 Å². The Morgan fingerprint density at radius 1 is 1.53 bits per heavy atom. The number of nitrogen functional groups attached to an aromatic ring is 1. The van der Waals surface area contributed by atoms with Crippen molar-refractivity contribution in [3.63, 3.8) is 0 Å². The van der Waals surface area contributed by atoms with E-state index in [4.69, 9.17) is 10.5 Å². The number of thiophene rings is 1. The van der Waals surface area contributed by atoms with Crippen molar-refractivity contribution in [2.75, 3.05) is 12.3 Å². The van der Waals surface area contributed by atoms with Crippen LogP contribution in [0.2, 0.25) is 0 Å². The molecule has 0 fully saturated rings. The summed E-state index contributed by atoms with van der Waals surface area (Å²) in [6.07, 6.45) is 3.08. The number of rotatable bonds is 5. The minimum absolute atomic E-state index is 0.289. The predicted molar refractivity (Wildman–Crippen MR) is 63.3 cm³/mol. The summed E-state index contributed by atoms with van der Waals surface area (Å²) >= 11 is 1.41. The van der Waals surface area contributed by atoms with Crippen molar-refractivity contribution in [3.8, 4) is 0 Å². The zero-order chi connectivity index (χ0) is 11.3. The second-order valence-corrected chi connectivity index (χ2v) is 4.24. The Kier molecular flexibility index (Phi) is 4.62. The highest BCUT2D eigenvalue weighted by Gasteiger charge is 2.17. The van der Waals surface area contributed by atoms with Gasteiger partial charge in [0.15, 0.2) is 0 Å². The van der Waals surface area contributed by atoms with Crippen molar-refractivity contribution in [3.05, 3.63) is 16.5 Å². The minimum atomic E-state index is -0.289. The van der Waals surface area contributed by atoms with Gasteiger partial charge in [-0.3, -0.25) is 0 Å². The van der Waals surface area contributed by atoms with Gasteiger partial charge in [0.25, 0.3) is 0 Å². The Labute approximate surface area is 94.2 Å². The van der Waals surface area contributed by atoms with Crippen LogP contribution in [0.3, 0.4) is 0 Å². The van der Waals surface area contributed by atoms with E-state index in [2.05, 4.69) is 6.92 Å². The predicted octanol–water partition coefficient (Wildman–Crippen LogP) is 2.85. The van der Waals surface area contributed by atoms with Gasteiger partial charge in [-0.1, -0.05) is 13.3 Å². The number of esters is 1. The number of carbonyl (C=O) groups excluding carboxylic acids is 1. The highest BCUT2D eigenvalue weighted by atomic mass is 32.1. The molecular formula is C11H17NO2S. The van der Waals surface area contributed by atoms with E-state index >= 15 is 0 Å². The molecule has 0 amide bonds. The molecule has 3 nitrogen and oxygen atoms in total. The van der Waals surface area contributed by atoms with Crippen LogP contribution in [0, 0.1) is 0 Å². The van der Waals surface area contributed by atoms with Crippen LogP contribution in [0.1, 0.15) is 42.6 Å². The second kappa shape index (κ2) is 5.75. The molecule has 1 heterocycles. The molecule has 0 aliphatic heterocycles. The third-order valence-corrected chi connectivity index (χ3v) is 3.04. The SMILES string of the molecule is CCCCc1csc(N)c1C(=O)OCC. The van der Waals surface area contributed by atoms with E-state index in [9.17, 15) is 4.79 Å². The first-order chi connectivity index (χ1) is 7.20. The van der Waals surface area contributed by atoms with Crippen LogP contribution >= 0.6 is 11.3 Å². The largest absolute Gasteiger partial charge is 0.462 e. The Balaban J connectivity index is 2.83. The van der Waals surface area contributed by atoms with Gasteiger partial charge in [0.2, 0.25) is 0 Å². The first-order valence-corrected chi connectivity index (χ1v) is 6.11. The van der Waals surface area contributed by atoms with Crippen molar-refractivity contribution in [1.29, 1.82) is 0 Å². The van der Waals surface area contributed by atoms with Gasteiger partial charge in [0, 0.05) is 0 Å². The molecule has 0 unspecified atom stereocenters. The van der Waals surface area contributed by atoms with E-state index in [0.717, 1.165) is 24.8 Å². The Morgan fingerprint density at radius 3 is 2.87 bits per heavy atom. The van der Waals surface area contributed by atoms with Gasteiger partial charge >= 0.3 is 5.97 Å². The number of hydrogen-bond acceptors (Lipinski definition) is 4. The van der Waals surface area contributed by atoms with Crippen molar-refractivity contribution in [2.45, 2.75) is 33.1 Å². The van der Waals surface area contributed by atoms with Crippen LogP contribution in [0.25, 0.3) is 0 Å². The lowest BCUT2D eigenvalue weighted by atomic mass is 10.1. The summed E-state index contributed by atoms with van der Waals surface area (Å²) in [7, 11) is 0. The highest BCUT2D eigenvalue weighted by Crippen LogP contribution is 2.27. The maximum atomic E-state index is 11.6. The zero-order valence-electron chi connectivity index (χ0n) is 9.21. The molecule has 0 radical (unpaired) electrons. The van der Waals surface area contributed by atoms with E-state index in [1.807, 2.05) is 5.38 Å². The third kappa shape index (κ3) is 2.96. The summed E-state index contributed by atoms with van der Waals surface area (Å²) in [6, 6.07) is 0. The lowest BCUT2D eigenvalue weighted by molar-refractivity contribution is 0.0527. The number of hydrogen-bond donors (Lipinski definition) is 1. The van der Waals surface area contributed by atoms with E-state index in [0.29, 0.717) is 17.2 Å². The van der Waals surface area contributed by atoms with Crippen LogP contribution in [-0.4, -0.2) is 12.6 Å². The molecule has 2 N–H and O–H groups in total. The first-order valence-electron chi connectivity index (χ1n) is 5.23. The molecule has 0 atom stereocenters. The molecule has 0 aliphatic rings. The Morgan fingerprint density at radius 2 is 2.27 bits per heavy atom. The van der Waals surface area contributed by atoms with Crippen LogP contribution in [0.15, 0.2) is 5.38 Å². The highest BCUT2D eigenvalue weighted by molar-refractivity contribution is 7.14.